The number of methoxy groups -OCH3 is 3. The maximum absolute atomic E-state index is 5.39. The van der Waals surface area contributed by atoms with E-state index in [4.69, 9.17) is 14.2 Å². The molecule has 0 aliphatic rings. The van der Waals surface area contributed by atoms with Crippen molar-refractivity contribution in [2.24, 2.45) is 0 Å². The van der Waals surface area contributed by atoms with Crippen LogP contribution in [-0.4, -0.2) is 31.3 Å². The van der Waals surface area contributed by atoms with Crippen LogP contribution in [0.25, 0.3) is 0 Å². The van der Waals surface area contributed by atoms with Crippen molar-refractivity contribution < 1.29 is 14.2 Å². The number of nitrogens with zero attached hydrogens (tertiary/aromatic N) is 2. The Bertz CT molecular complexity index is 947. The maximum atomic E-state index is 5.39. The van der Waals surface area contributed by atoms with Gasteiger partial charge in [-0.25, -0.2) is 4.98 Å². The molecule has 0 fully saturated rings. The van der Waals surface area contributed by atoms with Crippen LogP contribution in [0.2, 0.25) is 0 Å². The number of nitrogens with one attached hydrogen (secondary N) is 2. The van der Waals surface area contributed by atoms with Crippen LogP contribution < -0.4 is 24.8 Å². The first-order valence-corrected chi connectivity index (χ1v) is 8.83. The van der Waals surface area contributed by atoms with E-state index in [0.29, 0.717) is 24.0 Å². The molecule has 0 unspecified atom stereocenters. The number of aromatic nitrogens is 2. The number of ether oxygens (including phenoxy) is 3. The van der Waals surface area contributed by atoms with E-state index in [1.165, 1.54) is 0 Å². The molecule has 2 N–H and O–H groups in total. The maximum Gasteiger partial charge on any atom is 0.229 e. The molecule has 7 heteroatoms. The Morgan fingerprint density at radius 1 is 0.821 bits per heavy atom. The van der Waals surface area contributed by atoms with Gasteiger partial charge in [-0.1, -0.05) is 18.2 Å². The summed E-state index contributed by atoms with van der Waals surface area (Å²) in [6.45, 7) is 2.52. The number of aryl methyl sites for hydroxylation is 1. The summed E-state index contributed by atoms with van der Waals surface area (Å²) in [6, 6.07) is 15.3. The summed E-state index contributed by atoms with van der Waals surface area (Å²) in [6.07, 6.45) is 0. The van der Waals surface area contributed by atoms with Crippen LogP contribution in [0.3, 0.4) is 0 Å². The monoisotopic (exact) mass is 380 g/mol. The number of anilines is 3. The molecule has 0 spiro atoms. The topological polar surface area (TPSA) is 77.5 Å². The summed E-state index contributed by atoms with van der Waals surface area (Å²) in [5.41, 5.74) is 2.70. The molecule has 7 nitrogen and oxygen atoms in total. The largest absolute Gasteiger partial charge is 0.496 e. The molecule has 1 aromatic heterocycles. The van der Waals surface area contributed by atoms with Gasteiger partial charge in [0.05, 0.1) is 21.3 Å². The van der Waals surface area contributed by atoms with Crippen molar-refractivity contribution >= 4 is 17.5 Å². The molecule has 28 heavy (non-hydrogen) atoms. The normalized spacial score (nSPS) is 10.3. The third-order valence-corrected chi connectivity index (χ3v) is 4.15. The average Bonchev–Trinajstić information content (AvgIpc) is 2.72. The fraction of sp³-hybridized carbons (Fsp3) is 0.238. The number of rotatable bonds is 8. The molecule has 0 saturated heterocycles. The molecule has 2 aromatic carbocycles. The van der Waals surface area contributed by atoms with E-state index < -0.39 is 0 Å². The van der Waals surface area contributed by atoms with Crippen LogP contribution in [0, 0.1) is 6.92 Å². The molecular weight excluding hydrogens is 356 g/mol. The lowest BCUT2D eigenvalue weighted by Crippen LogP contribution is -2.06. The van der Waals surface area contributed by atoms with E-state index in [1.807, 2.05) is 55.5 Å². The summed E-state index contributed by atoms with van der Waals surface area (Å²) in [5, 5.41) is 6.54. The van der Waals surface area contributed by atoms with Gasteiger partial charge in [-0.05, 0) is 25.1 Å². The number of hydrogen-bond acceptors (Lipinski definition) is 7. The second-order valence-corrected chi connectivity index (χ2v) is 6.08. The highest BCUT2D eigenvalue weighted by molar-refractivity contribution is 5.60. The third-order valence-electron chi connectivity index (χ3n) is 4.15. The molecule has 3 rings (SSSR count). The third kappa shape index (κ3) is 4.62. The molecule has 0 saturated carbocycles. The molecule has 146 valence electrons. The van der Waals surface area contributed by atoms with Crippen LogP contribution >= 0.6 is 0 Å². The fourth-order valence-corrected chi connectivity index (χ4v) is 2.79. The standard InChI is InChI=1S/C21H24N4O3/c1-14-11-20(22-13-15-7-5-6-8-17(15)26-2)25-21(23-14)24-16-9-10-18(27-3)19(12-16)28-4/h5-12H,13H2,1-4H3,(H2,22,23,24,25). The SMILES string of the molecule is COc1ccccc1CNc1cc(C)nc(Nc2ccc(OC)c(OC)c2)n1. The molecule has 1 heterocycles. The summed E-state index contributed by atoms with van der Waals surface area (Å²) in [7, 11) is 4.87. The Morgan fingerprint density at radius 2 is 1.57 bits per heavy atom. The Hall–Kier alpha value is -3.48. The molecule has 0 bridgehead atoms. The summed E-state index contributed by atoms with van der Waals surface area (Å²) < 4.78 is 16.0. The average molecular weight is 380 g/mol. The number of para-hydroxylation sites is 1. The quantitative estimate of drug-likeness (QED) is 0.607. The minimum absolute atomic E-state index is 0.495. The van der Waals surface area contributed by atoms with Crippen molar-refractivity contribution in [3.63, 3.8) is 0 Å². The summed E-state index contributed by atoms with van der Waals surface area (Å²) in [4.78, 5) is 9.01. The first kappa shape index (κ1) is 19.3. The molecular formula is C21H24N4O3. The molecule has 0 atom stereocenters. The van der Waals surface area contributed by atoms with E-state index in [2.05, 4.69) is 20.6 Å². The Labute approximate surface area is 164 Å². The first-order chi connectivity index (χ1) is 13.6. The van der Waals surface area contributed by atoms with Crippen molar-refractivity contribution in [2.45, 2.75) is 13.5 Å². The van der Waals surface area contributed by atoms with Crippen LogP contribution in [0.15, 0.2) is 48.5 Å². The number of hydrogen-bond donors (Lipinski definition) is 2. The van der Waals surface area contributed by atoms with E-state index in [1.54, 1.807) is 21.3 Å². The number of benzene rings is 2. The van der Waals surface area contributed by atoms with Crippen LogP contribution in [0.1, 0.15) is 11.3 Å². The smallest absolute Gasteiger partial charge is 0.229 e. The predicted molar refractivity (Wildman–Crippen MR) is 110 cm³/mol. The Kier molecular flexibility index (Phi) is 6.16. The van der Waals surface area contributed by atoms with Gasteiger partial charge in [0.25, 0.3) is 0 Å². The van der Waals surface area contributed by atoms with Gasteiger partial charge in [-0.2, -0.15) is 4.98 Å². The molecule has 0 aliphatic heterocycles. The van der Waals surface area contributed by atoms with Crippen molar-refractivity contribution in [1.29, 1.82) is 0 Å². The zero-order valence-electron chi connectivity index (χ0n) is 16.4. The van der Waals surface area contributed by atoms with Gasteiger partial charge in [-0.3, -0.25) is 0 Å². The van der Waals surface area contributed by atoms with E-state index >= 15 is 0 Å². The van der Waals surface area contributed by atoms with Crippen LogP contribution in [0.5, 0.6) is 17.2 Å². The van der Waals surface area contributed by atoms with E-state index in [9.17, 15) is 0 Å². The molecule has 0 aliphatic carbocycles. The highest BCUT2D eigenvalue weighted by Crippen LogP contribution is 2.30. The van der Waals surface area contributed by atoms with Gasteiger partial charge in [0, 0.05) is 35.6 Å². The van der Waals surface area contributed by atoms with Crippen molar-refractivity contribution in [3.8, 4) is 17.2 Å². The molecule has 0 radical (unpaired) electrons. The van der Waals surface area contributed by atoms with Gasteiger partial charge in [-0.15, -0.1) is 0 Å². The lowest BCUT2D eigenvalue weighted by molar-refractivity contribution is 0.355. The van der Waals surface area contributed by atoms with Crippen molar-refractivity contribution in [3.05, 3.63) is 59.8 Å². The fourth-order valence-electron chi connectivity index (χ4n) is 2.79. The minimum atomic E-state index is 0.495. The summed E-state index contributed by atoms with van der Waals surface area (Å²) >= 11 is 0. The molecule has 0 amide bonds. The second-order valence-electron chi connectivity index (χ2n) is 6.08. The van der Waals surface area contributed by atoms with Gasteiger partial charge in [0.15, 0.2) is 11.5 Å². The van der Waals surface area contributed by atoms with Gasteiger partial charge >= 0.3 is 0 Å². The Balaban J connectivity index is 1.76. The van der Waals surface area contributed by atoms with E-state index in [0.717, 1.165) is 28.5 Å². The van der Waals surface area contributed by atoms with Crippen molar-refractivity contribution in [2.75, 3.05) is 32.0 Å². The highest BCUT2D eigenvalue weighted by atomic mass is 16.5. The van der Waals surface area contributed by atoms with Crippen molar-refractivity contribution in [1.82, 2.24) is 9.97 Å². The lowest BCUT2D eigenvalue weighted by atomic mass is 10.2. The van der Waals surface area contributed by atoms with E-state index in [-0.39, 0.29) is 0 Å². The second kappa shape index (κ2) is 8.94. The zero-order chi connectivity index (χ0) is 19.9. The van der Waals surface area contributed by atoms with Gasteiger partial charge in [0.2, 0.25) is 5.95 Å². The van der Waals surface area contributed by atoms with Crippen LogP contribution in [0.4, 0.5) is 17.5 Å². The highest BCUT2D eigenvalue weighted by Gasteiger charge is 2.08. The minimum Gasteiger partial charge on any atom is -0.496 e. The van der Waals surface area contributed by atoms with Gasteiger partial charge < -0.3 is 24.8 Å². The van der Waals surface area contributed by atoms with Crippen LogP contribution in [-0.2, 0) is 6.54 Å². The zero-order valence-corrected chi connectivity index (χ0v) is 16.4. The lowest BCUT2D eigenvalue weighted by Gasteiger charge is -2.13. The van der Waals surface area contributed by atoms with Gasteiger partial charge in [0.1, 0.15) is 11.6 Å². The molecule has 3 aromatic rings. The summed E-state index contributed by atoms with van der Waals surface area (Å²) in [5.74, 6) is 3.35. The predicted octanol–water partition coefficient (Wildman–Crippen LogP) is 4.17. The first-order valence-electron chi connectivity index (χ1n) is 8.83. The Morgan fingerprint density at radius 3 is 2.32 bits per heavy atom.